The normalized spacial score (nSPS) is 20.7. The predicted octanol–water partition coefficient (Wildman–Crippen LogP) is 4.07. The van der Waals surface area contributed by atoms with Crippen molar-refractivity contribution in [2.45, 2.75) is 38.3 Å². The van der Waals surface area contributed by atoms with Gasteiger partial charge in [-0.3, -0.25) is 9.89 Å². The number of phenols is 1. The highest BCUT2D eigenvalue weighted by atomic mass is 16.5. The van der Waals surface area contributed by atoms with Crippen LogP contribution in [0.15, 0.2) is 48.5 Å². The van der Waals surface area contributed by atoms with Gasteiger partial charge in [-0.25, -0.2) is 0 Å². The summed E-state index contributed by atoms with van der Waals surface area (Å²) in [4.78, 5) is 15.2. The first-order valence-corrected chi connectivity index (χ1v) is 10.6. The van der Waals surface area contributed by atoms with Crippen molar-refractivity contribution in [3.8, 4) is 17.0 Å². The van der Waals surface area contributed by atoms with E-state index in [-0.39, 0.29) is 23.8 Å². The summed E-state index contributed by atoms with van der Waals surface area (Å²) in [6.07, 6.45) is 3.00. The second-order valence-corrected chi connectivity index (χ2v) is 7.97. The molecule has 0 bridgehead atoms. The van der Waals surface area contributed by atoms with Crippen molar-refractivity contribution in [2.24, 2.45) is 0 Å². The number of phenolic OH excluding ortho intramolecular Hbond substituents is 1. The summed E-state index contributed by atoms with van der Waals surface area (Å²) in [6.45, 7) is 3.42. The van der Waals surface area contributed by atoms with Gasteiger partial charge in [-0.2, -0.15) is 5.10 Å². The van der Waals surface area contributed by atoms with Crippen LogP contribution in [0, 0.1) is 0 Å². The Kier molecular flexibility index (Phi) is 4.79. The molecule has 3 heterocycles. The number of carbonyl (C=O) groups is 1. The van der Waals surface area contributed by atoms with Gasteiger partial charge in [0.2, 0.25) is 0 Å². The highest BCUT2D eigenvalue weighted by molar-refractivity contribution is 6.00. The van der Waals surface area contributed by atoms with Gasteiger partial charge in [-0.05, 0) is 42.5 Å². The minimum Gasteiger partial charge on any atom is -0.507 e. The Hall–Kier alpha value is -3.12. The first-order valence-electron chi connectivity index (χ1n) is 10.6. The van der Waals surface area contributed by atoms with Crippen LogP contribution in [0.3, 0.4) is 0 Å². The standard InChI is InChI=1S/C24H25N3O3/c1-2-15-9-11-16(12-10-15)23-20-21(18-7-3-4-8-19(18)28)25-26-22(20)24(29)27(23)14-17-6-5-13-30-17/h3-4,7-12,17,23,28H,2,5-6,13-14H2,1H3,(H,25,26)/t17-,23-/m0/s1. The lowest BCUT2D eigenvalue weighted by atomic mass is 9.94. The molecule has 6 heteroatoms. The fourth-order valence-corrected chi connectivity index (χ4v) is 4.55. The van der Waals surface area contributed by atoms with Gasteiger partial charge in [-0.15, -0.1) is 0 Å². The van der Waals surface area contributed by atoms with Gasteiger partial charge < -0.3 is 14.7 Å². The molecule has 0 spiro atoms. The number of nitrogens with zero attached hydrogens (tertiary/aromatic N) is 2. The van der Waals surface area contributed by atoms with E-state index in [2.05, 4.69) is 41.4 Å². The second kappa shape index (κ2) is 7.61. The number of fused-ring (bicyclic) bond motifs is 1. The average molecular weight is 403 g/mol. The number of aryl methyl sites for hydroxylation is 1. The van der Waals surface area contributed by atoms with E-state index in [4.69, 9.17) is 4.74 Å². The van der Waals surface area contributed by atoms with Crippen LogP contribution in [0.2, 0.25) is 0 Å². The van der Waals surface area contributed by atoms with Crippen LogP contribution < -0.4 is 0 Å². The van der Waals surface area contributed by atoms with Crippen molar-refractivity contribution >= 4 is 5.91 Å². The van der Waals surface area contributed by atoms with Crippen LogP contribution in [-0.4, -0.2) is 45.4 Å². The molecule has 0 aliphatic carbocycles. The van der Waals surface area contributed by atoms with E-state index in [1.165, 1.54) is 5.56 Å². The molecule has 6 nitrogen and oxygen atoms in total. The molecule has 1 saturated heterocycles. The van der Waals surface area contributed by atoms with Gasteiger partial charge in [0.25, 0.3) is 5.91 Å². The third kappa shape index (κ3) is 3.08. The molecule has 3 aromatic rings. The molecule has 2 N–H and O–H groups in total. The third-order valence-corrected chi connectivity index (χ3v) is 6.15. The highest BCUT2D eigenvalue weighted by Crippen LogP contribution is 2.44. The van der Waals surface area contributed by atoms with Gasteiger partial charge >= 0.3 is 0 Å². The number of carbonyl (C=O) groups excluding carboxylic acids is 1. The topological polar surface area (TPSA) is 78.5 Å². The van der Waals surface area contributed by atoms with Crippen LogP contribution in [0.4, 0.5) is 0 Å². The van der Waals surface area contributed by atoms with Crippen molar-refractivity contribution in [1.29, 1.82) is 0 Å². The number of rotatable bonds is 5. The van der Waals surface area contributed by atoms with Crippen LogP contribution in [0.25, 0.3) is 11.3 Å². The molecular weight excluding hydrogens is 378 g/mol. The first kappa shape index (κ1) is 18.9. The van der Waals surface area contributed by atoms with Gasteiger partial charge in [0.15, 0.2) is 0 Å². The molecule has 1 fully saturated rings. The van der Waals surface area contributed by atoms with Gasteiger partial charge in [0, 0.05) is 24.3 Å². The van der Waals surface area contributed by atoms with E-state index < -0.39 is 0 Å². The number of amides is 1. The fourth-order valence-electron chi connectivity index (χ4n) is 4.55. The van der Waals surface area contributed by atoms with Crippen molar-refractivity contribution in [2.75, 3.05) is 13.2 Å². The lowest BCUT2D eigenvalue weighted by Crippen LogP contribution is -2.36. The molecule has 1 amide bonds. The molecule has 0 unspecified atom stereocenters. The van der Waals surface area contributed by atoms with Crippen molar-refractivity contribution in [3.63, 3.8) is 0 Å². The smallest absolute Gasteiger partial charge is 0.273 e. The summed E-state index contributed by atoms with van der Waals surface area (Å²) in [5.41, 5.74) is 4.85. The summed E-state index contributed by atoms with van der Waals surface area (Å²) in [5.74, 6) is 0.0798. The molecule has 30 heavy (non-hydrogen) atoms. The van der Waals surface area contributed by atoms with Crippen molar-refractivity contribution in [3.05, 3.63) is 70.9 Å². The number of aromatic nitrogens is 2. The van der Waals surface area contributed by atoms with Crippen molar-refractivity contribution in [1.82, 2.24) is 15.1 Å². The number of ether oxygens (including phenoxy) is 1. The summed E-state index contributed by atoms with van der Waals surface area (Å²) in [6, 6.07) is 15.3. The molecule has 2 aromatic carbocycles. The zero-order valence-corrected chi connectivity index (χ0v) is 17.0. The van der Waals surface area contributed by atoms with E-state index in [1.807, 2.05) is 17.0 Å². The molecule has 154 valence electrons. The summed E-state index contributed by atoms with van der Waals surface area (Å²) in [7, 11) is 0. The number of hydrogen-bond donors (Lipinski definition) is 2. The number of hydrogen-bond acceptors (Lipinski definition) is 4. The Labute approximate surface area is 175 Å². The van der Waals surface area contributed by atoms with Gasteiger partial charge in [-0.1, -0.05) is 43.3 Å². The predicted molar refractivity (Wildman–Crippen MR) is 113 cm³/mol. The monoisotopic (exact) mass is 403 g/mol. The summed E-state index contributed by atoms with van der Waals surface area (Å²) in [5, 5.41) is 17.8. The Morgan fingerprint density at radius 2 is 2.00 bits per heavy atom. The highest BCUT2D eigenvalue weighted by Gasteiger charge is 2.43. The van der Waals surface area contributed by atoms with Crippen LogP contribution in [-0.2, 0) is 11.2 Å². The Balaban J connectivity index is 1.62. The Bertz CT molecular complexity index is 1070. The van der Waals surface area contributed by atoms with E-state index >= 15 is 0 Å². The number of para-hydroxylation sites is 1. The molecule has 0 radical (unpaired) electrons. The van der Waals surface area contributed by atoms with E-state index in [1.54, 1.807) is 12.1 Å². The quantitative estimate of drug-likeness (QED) is 0.673. The molecular formula is C24H25N3O3. The average Bonchev–Trinajstić information content (AvgIpc) is 3.49. The molecule has 5 rings (SSSR count). The zero-order valence-electron chi connectivity index (χ0n) is 17.0. The largest absolute Gasteiger partial charge is 0.507 e. The second-order valence-electron chi connectivity index (χ2n) is 7.97. The summed E-state index contributed by atoms with van der Waals surface area (Å²) >= 11 is 0. The van der Waals surface area contributed by atoms with Crippen LogP contribution in [0.5, 0.6) is 5.75 Å². The Morgan fingerprint density at radius 3 is 2.70 bits per heavy atom. The summed E-state index contributed by atoms with van der Waals surface area (Å²) < 4.78 is 5.83. The lowest BCUT2D eigenvalue weighted by molar-refractivity contribution is 0.0495. The third-order valence-electron chi connectivity index (χ3n) is 6.15. The SMILES string of the molecule is CCc1ccc([C@H]2c3c(-c4ccccc4O)n[nH]c3C(=O)N2C[C@@H]2CCCO2)cc1. The number of H-pyrrole nitrogens is 1. The van der Waals surface area contributed by atoms with E-state index in [9.17, 15) is 9.90 Å². The maximum absolute atomic E-state index is 13.4. The Morgan fingerprint density at radius 1 is 1.20 bits per heavy atom. The maximum Gasteiger partial charge on any atom is 0.273 e. The van der Waals surface area contributed by atoms with Crippen LogP contribution >= 0.6 is 0 Å². The number of aromatic hydroxyl groups is 1. The fraction of sp³-hybridized carbons (Fsp3) is 0.333. The van der Waals surface area contributed by atoms with Gasteiger partial charge in [0.1, 0.15) is 17.1 Å². The molecule has 2 aliphatic rings. The minimum atomic E-state index is -0.268. The lowest BCUT2D eigenvalue weighted by Gasteiger charge is -2.28. The minimum absolute atomic E-state index is 0.0527. The van der Waals surface area contributed by atoms with Gasteiger partial charge in [0.05, 0.1) is 12.1 Å². The van der Waals surface area contributed by atoms with E-state index in [0.29, 0.717) is 23.5 Å². The molecule has 2 atom stereocenters. The molecule has 2 aliphatic heterocycles. The van der Waals surface area contributed by atoms with E-state index in [0.717, 1.165) is 37.0 Å². The number of aromatic amines is 1. The van der Waals surface area contributed by atoms with Crippen LogP contribution in [0.1, 0.15) is 53.0 Å². The number of nitrogens with one attached hydrogen (secondary N) is 1. The number of benzene rings is 2. The van der Waals surface area contributed by atoms with Crippen molar-refractivity contribution < 1.29 is 14.6 Å². The molecule has 1 aromatic heterocycles. The first-order chi connectivity index (χ1) is 14.7. The molecule has 0 saturated carbocycles. The maximum atomic E-state index is 13.4. The zero-order chi connectivity index (χ0) is 20.7.